The fourth-order valence-electron chi connectivity index (χ4n) is 2.62. The second-order valence-corrected chi connectivity index (χ2v) is 6.83. The van der Waals surface area contributed by atoms with Crippen LogP contribution in [0.15, 0.2) is 0 Å². The molecule has 0 aromatic heterocycles. The van der Waals surface area contributed by atoms with Gasteiger partial charge in [-0.3, -0.25) is 0 Å². The first-order chi connectivity index (χ1) is 6.38. The van der Waals surface area contributed by atoms with Crippen LogP contribution in [0.2, 0.25) is 0 Å². The summed E-state index contributed by atoms with van der Waals surface area (Å²) in [5, 5.41) is 0. The first kappa shape index (κ1) is 12.1. The predicted octanol–water partition coefficient (Wildman–Crippen LogP) is 4.89. The lowest BCUT2D eigenvalue weighted by atomic mass is 9.65. The van der Waals surface area contributed by atoms with Crippen molar-refractivity contribution in [3.05, 3.63) is 0 Å². The van der Waals surface area contributed by atoms with Crippen LogP contribution < -0.4 is 0 Å². The molecule has 1 saturated carbocycles. The zero-order valence-electron chi connectivity index (χ0n) is 10.8. The minimum absolute atomic E-state index is 0.543. The summed E-state index contributed by atoms with van der Waals surface area (Å²) in [6.45, 7) is 11.8. The number of hydrogen-bond donors (Lipinski definition) is 0. The third kappa shape index (κ3) is 4.02. The molecule has 1 aliphatic carbocycles. The van der Waals surface area contributed by atoms with E-state index in [0.717, 1.165) is 17.8 Å². The van der Waals surface area contributed by atoms with Crippen molar-refractivity contribution in [1.82, 2.24) is 0 Å². The van der Waals surface area contributed by atoms with E-state index < -0.39 is 0 Å². The van der Waals surface area contributed by atoms with Gasteiger partial charge in [-0.05, 0) is 48.9 Å². The zero-order valence-corrected chi connectivity index (χ0v) is 10.8. The molecule has 1 fully saturated rings. The van der Waals surface area contributed by atoms with Crippen LogP contribution in [0.25, 0.3) is 0 Å². The Bertz CT molecular complexity index is 161. The molecule has 14 heavy (non-hydrogen) atoms. The molecule has 0 saturated heterocycles. The summed E-state index contributed by atoms with van der Waals surface area (Å²) >= 11 is 0. The Morgan fingerprint density at radius 1 is 1.07 bits per heavy atom. The normalized spacial score (nSPS) is 27.9. The molecular formula is C14H28. The molecule has 0 spiro atoms. The van der Waals surface area contributed by atoms with Crippen LogP contribution >= 0.6 is 0 Å². The average Bonchev–Trinajstić information content (AvgIpc) is 1.96. The molecule has 84 valence electrons. The summed E-state index contributed by atoms with van der Waals surface area (Å²) in [5.41, 5.74) is 0.543. The SMILES string of the molecule is CC(C)CCC1CCC1CC(C)(C)C. The maximum Gasteiger partial charge on any atom is -0.0380 e. The Morgan fingerprint density at radius 3 is 2.00 bits per heavy atom. The fourth-order valence-corrected chi connectivity index (χ4v) is 2.62. The number of hydrogen-bond acceptors (Lipinski definition) is 0. The second-order valence-electron chi connectivity index (χ2n) is 6.83. The smallest absolute Gasteiger partial charge is 0.0380 e. The van der Waals surface area contributed by atoms with E-state index >= 15 is 0 Å². The molecular weight excluding hydrogens is 168 g/mol. The first-order valence-corrected chi connectivity index (χ1v) is 6.38. The Morgan fingerprint density at radius 2 is 1.64 bits per heavy atom. The summed E-state index contributed by atoms with van der Waals surface area (Å²) in [6, 6.07) is 0. The van der Waals surface area contributed by atoms with Crippen LogP contribution in [0.3, 0.4) is 0 Å². The van der Waals surface area contributed by atoms with Crippen molar-refractivity contribution in [2.24, 2.45) is 23.2 Å². The highest BCUT2D eigenvalue weighted by Gasteiger charge is 2.33. The molecule has 0 nitrogen and oxygen atoms in total. The Kier molecular flexibility index (Phi) is 4.04. The van der Waals surface area contributed by atoms with Gasteiger partial charge < -0.3 is 0 Å². The Hall–Kier alpha value is 0. The van der Waals surface area contributed by atoms with E-state index in [0.29, 0.717) is 5.41 Å². The molecule has 1 rings (SSSR count). The molecule has 2 atom stereocenters. The summed E-state index contributed by atoms with van der Waals surface area (Å²) in [4.78, 5) is 0. The van der Waals surface area contributed by atoms with Crippen LogP contribution in [0.5, 0.6) is 0 Å². The Labute approximate surface area is 90.5 Å². The molecule has 0 aliphatic heterocycles. The van der Waals surface area contributed by atoms with E-state index in [4.69, 9.17) is 0 Å². The van der Waals surface area contributed by atoms with Gasteiger partial charge in [0.05, 0.1) is 0 Å². The summed E-state index contributed by atoms with van der Waals surface area (Å²) in [7, 11) is 0. The fraction of sp³-hybridized carbons (Fsp3) is 1.00. The quantitative estimate of drug-likeness (QED) is 0.601. The monoisotopic (exact) mass is 196 g/mol. The highest BCUT2D eigenvalue weighted by Crippen LogP contribution is 2.44. The minimum atomic E-state index is 0.543. The van der Waals surface area contributed by atoms with E-state index in [9.17, 15) is 0 Å². The molecule has 0 N–H and O–H groups in total. The molecule has 0 aromatic carbocycles. The van der Waals surface area contributed by atoms with E-state index in [1.807, 2.05) is 0 Å². The van der Waals surface area contributed by atoms with Crippen molar-refractivity contribution in [3.63, 3.8) is 0 Å². The van der Waals surface area contributed by atoms with Crippen LogP contribution in [-0.4, -0.2) is 0 Å². The van der Waals surface area contributed by atoms with Gasteiger partial charge in [0.1, 0.15) is 0 Å². The lowest BCUT2D eigenvalue weighted by Crippen LogP contribution is -2.29. The third-order valence-electron chi connectivity index (χ3n) is 3.56. The zero-order chi connectivity index (χ0) is 10.8. The van der Waals surface area contributed by atoms with Gasteiger partial charge in [-0.15, -0.1) is 0 Å². The first-order valence-electron chi connectivity index (χ1n) is 6.38. The molecule has 2 unspecified atom stereocenters. The van der Waals surface area contributed by atoms with Gasteiger partial charge in [0.2, 0.25) is 0 Å². The summed E-state index contributed by atoms with van der Waals surface area (Å²) < 4.78 is 0. The lowest BCUT2D eigenvalue weighted by molar-refractivity contribution is 0.105. The molecule has 0 aromatic rings. The van der Waals surface area contributed by atoms with Crippen molar-refractivity contribution in [2.45, 2.75) is 66.7 Å². The van der Waals surface area contributed by atoms with Gasteiger partial charge >= 0.3 is 0 Å². The summed E-state index contributed by atoms with van der Waals surface area (Å²) in [6.07, 6.45) is 7.37. The van der Waals surface area contributed by atoms with Crippen molar-refractivity contribution in [1.29, 1.82) is 0 Å². The van der Waals surface area contributed by atoms with Crippen LogP contribution in [0, 0.1) is 23.2 Å². The Balaban J connectivity index is 2.22. The van der Waals surface area contributed by atoms with Gasteiger partial charge in [0, 0.05) is 0 Å². The van der Waals surface area contributed by atoms with Crippen LogP contribution in [0.1, 0.15) is 66.7 Å². The van der Waals surface area contributed by atoms with Gasteiger partial charge in [0.25, 0.3) is 0 Å². The highest BCUT2D eigenvalue weighted by molar-refractivity contribution is 4.84. The molecule has 1 aliphatic rings. The third-order valence-corrected chi connectivity index (χ3v) is 3.56. The van der Waals surface area contributed by atoms with Crippen LogP contribution in [0.4, 0.5) is 0 Å². The van der Waals surface area contributed by atoms with Crippen molar-refractivity contribution < 1.29 is 0 Å². The molecule has 0 heterocycles. The minimum Gasteiger partial charge on any atom is -0.0628 e. The van der Waals surface area contributed by atoms with Gasteiger partial charge in [-0.25, -0.2) is 0 Å². The molecule has 0 amide bonds. The van der Waals surface area contributed by atoms with Gasteiger partial charge in [-0.2, -0.15) is 0 Å². The maximum absolute atomic E-state index is 2.38. The number of rotatable bonds is 4. The van der Waals surface area contributed by atoms with E-state index in [1.54, 1.807) is 0 Å². The topological polar surface area (TPSA) is 0 Å². The highest BCUT2D eigenvalue weighted by atomic mass is 14.4. The van der Waals surface area contributed by atoms with Crippen LogP contribution in [-0.2, 0) is 0 Å². The van der Waals surface area contributed by atoms with Crippen molar-refractivity contribution in [3.8, 4) is 0 Å². The molecule has 0 heteroatoms. The van der Waals surface area contributed by atoms with Crippen molar-refractivity contribution >= 4 is 0 Å². The largest absolute Gasteiger partial charge is 0.0628 e. The van der Waals surface area contributed by atoms with E-state index in [2.05, 4.69) is 34.6 Å². The molecule has 0 bridgehead atoms. The standard InChI is InChI=1S/C14H28/c1-11(2)6-7-12-8-9-13(12)10-14(3,4)5/h11-13H,6-10H2,1-5H3. The second kappa shape index (κ2) is 4.68. The van der Waals surface area contributed by atoms with Gasteiger partial charge in [-0.1, -0.05) is 41.0 Å². The average molecular weight is 196 g/mol. The lowest BCUT2D eigenvalue weighted by Gasteiger charge is -2.41. The van der Waals surface area contributed by atoms with Gasteiger partial charge in [0.15, 0.2) is 0 Å². The van der Waals surface area contributed by atoms with E-state index in [-0.39, 0.29) is 0 Å². The maximum atomic E-state index is 2.38. The van der Waals surface area contributed by atoms with Crippen molar-refractivity contribution in [2.75, 3.05) is 0 Å². The van der Waals surface area contributed by atoms with E-state index in [1.165, 1.54) is 32.1 Å². The molecule has 0 radical (unpaired) electrons. The summed E-state index contributed by atoms with van der Waals surface area (Å²) in [5.74, 6) is 3.01. The predicted molar refractivity (Wildman–Crippen MR) is 64.4 cm³/mol.